The van der Waals surface area contributed by atoms with E-state index in [-0.39, 0.29) is 17.1 Å². The van der Waals surface area contributed by atoms with Crippen molar-refractivity contribution in [2.45, 2.75) is 44.6 Å². The van der Waals surface area contributed by atoms with Crippen LogP contribution in [0.3, 0.4) is 0 Å². The molecule has 31 heavy (non-hydrogen) atoms. The molecule has 0 saturated heterocycles. The summed E-state index contributed by atoms with van der Waals surface area (Å²) >= 11 is 0. The number of amides is 1. The van der Waals surface area contributed by atoms with Gasteiger partial charge in [0.2, 0.25) is 5.82 Å². The van der Waals surface area contributed by atoms with Crippen molar-refractivity contribution in [2.24, 2.45) is 0 Å². The van der Waals surface area contributed by atoms with Crippen LogP contribution in [-0.2, 0) is 5.41 Å². The van der Waals surface area contributed by atoms with Gasteiger partial charge in [0.1, 0.15) is 11.5 Å². The fourth-order valence-corrected chi connectivity index (χ4v) is 3.47. The summed E-state index contributed by atoms with van der Waals surface area (Å²) in [5.74, 6) is 1.87. The third-order valence-corrected chi connectivity index (χ3v) is 5.80. The van der Waals surface area contributed by atoms with E-state index in [1.165, 1.54) is 37.0 Å². The van der Waals surface area contributed by atoms with Crippen LogP contribution in [-0.4, -0.2) is 29.0 Å². The minimum absolute atomic E-state index is 0.107. The van der Waals surface area contributed by atoms with Crippen LogP contribution in [0.25, 0.3) is 0 Å². The Bertz CT molecular complexity index is 1030. The number of hydrogen-bond acceptors (Lipinski definition) is 5. The van der Waals surface area contributed by atoms with E-state index in [0.717, 1.165) is 18.6 Å². The van der Waals surface area contributed by atoms with Gasteiger partial charge in [-0.15, -0.1) is 0 Å². The monoisotopic (exact) mass is 417 g/mol. The van der Waals surface area contributed by atoms with Crippen LogP contribution in [0, 0.1) is 0 Å². The molecule has 6 heteroatoms. The minimum Gasteiger partial charge on any atom is -0.490 e. The van der Waals surface area contributed by atoms with Gasteiger partial charge in [-0.3, -0.25) is 4.79 Å². The second-order valence-corrected chi connectivity index (χ2v) is 8.27. The van der Waals surface area contributed by atoms with E-state index in [4.69, 9.17) is 9.47 Å². The van der Waals surface area contributed by atoms with Crippen molar-refractivity contribution in [1.29, 1.82) is 0 Å². The van der Waals surface area contributed by atoms with E-state index in [9.17, 15) is 4.79 Å². The summed E-state index contributed by atoms with van der Waals surface area (Å²) in [4.78, 5) is 19.6. The Balaban J connectivity index is 1.43. The highest BCUT2D eigenvalue weighted by Crippen LogP contribution is 2.34. The maximum absolute atomic E-state index is 11.5. The Morgan fingerprint density at radius 3 is 1.94 bits per heavy atom. The number of nitrogens with zero attached hydrogens (tertiary/aromatic N) is 2. The Hall–Kier alpha value is -3.41. The Kier molecular flexibility index (Phi) is 5.89. The molecule has 160 valence electrons. The predicted molar refractivity (Wildman–Crippen MR) is 119 cm³/mol. The minimum atomic E-state index is -0.333. The molecule has 0 radical (unpaired) electrons. The fourth-order valence-electron chi connectivity index (χ4n) is 3.47. The lowest BCUT2D eigenvalue weighted by Gasteiger charge is -2.28. The second kappa shape index (κ2) is 8.76. The standard InChI is InChI=1S/C25H27N3O3/c1-25(2,17-7-11-20(12-8-17)30-19-5-4-6-19)18-9-13-21(14-10-18)31-22-15-27-23(28-16-22)24(29)26-3/h7-16,19H,4-6H2,1-3H3,(H,26,29). The number of aromatic nitrogens is 2. The van der Waals surface area contributed by atoms with Crippen LogP contribution in [0.4, 0.5) is 0 Å². The van der Waals surface area contributed by atoms with Crippen LogP contribution < -0.4 is 14.8 Å². The van der Waals surface area contributed by atoms with Gasteiger partial charge < -0.3 is 14.8 Å². The van der Waals surface area contributed by atoms with Crippen LogP contribution >= 0.6 is 0 Å². The lowest BCUT2D eigenvalue weighted by Crippen LogP contribution is -2.24. The molecule has 1 amide bonds. The zero-order chi connectivity index (χ0) is 21.8. The van der Waals surface area contributed by atoms with Crippen molar-refractivity contribution in [1.82, 2.24) is 15.3 Å². The molecule has 1 saturated carbocycles. The molecule has 1 fully saturated rings. The highest BCUT2D eigenvalue weighted by molar-refractivity contribution is 5.90. The maximum Gasteiger partial charge on any atom is 0.288 e. The van der Waals surface area contributed by atoms with E-state index in [1.54, 1.807) is 0 Å². The molecule has 1 N–H and O–H groups in total. The smallest absolute Gasteiger partial charge is 0.288 e. The van der Waals surface area contributed by atoms with Gasteiger partial charge in [-0.25, -0.2) is 9.97 Å². The number of rotatable bonds is 7. The Morgan fingerprint density at radius 1 is 0.903 bits per heavy atom. The summed E-state index contributed by atoms with van der Waals surface area (Å²) in [6.45, 7) is 4.41. The summed E-state index contributed by atoms with van der Waals surface area (Å²) in [7, 11) is 1.54. The molecule has 1 aromatic heterocycles. The highest BCUT2D eigenvalue weighted by Gasteiger charge is 2.24. The zero-order valence-corrected chi connectivity index (χ0v) is 18.1. The van der Waals surface area contributed by atoms with Gasteiger partial charge >= 0.3 is 0 Å². The normalized spacial score (nSPS) is 13.9. The van der Waals surface area contributed by atoms with E-state index in [2.05, 4.69) is 65.5 Å². The number of hydrogen-bond donors (Lipinski definition) is 1. The van der Waals surface area contributed by atoms with E-state index < -0.39 is 0 Å². The molecule has 0 spiro atoms. The maximum atomic E-state index is 11.5. The number of carbonyl (C=O) groups excluding carboxylic acids is 1. The van der Waals surface area contributed by atoms with Crippen LogP contribution in [0.2, 0.25) is 0 Å². The average molecular weight is 418 g/mol. The molecule has 1 heterocycles. The second-order valence-electron chi connectivity index (χ2n) is 8.27. The first kappa shape index (κ1) is 20.8. The van der Waals surface area contributed by atoms with Gasteiger partial charge in [0, 0.05) is 12.5 Å². The molecule has 4 rings (SSSR count). The molecule has 1 aliphatic carbocycles. The van der Waals surface area contributed by atoms with Crippen molar-refractivity contribution >= 4 is 5.91 Å². The summed E-state index contributed by atoms with van der Waals surface area (Å²) in [6, 6.07) is 16.4. The van der Waals surface area contributed by atoms with Crippen molar-refractivity contribution in [2.75, 3.05) is 7.05 Å². The van der Waals surface area contributed by atoms with Gasteiger partial charge in [0.25, 0.3) is 5.91 Å². The topological polar surface area (TPSA) is 73.3 Å². The third-order valence-electron chi connectivity index (χ3n) is 5.80. The molecule has 6 nitrogen and oxygen atoms in total. The van der Waals surface area contributed by atoms with Crippen LogP contribution in [0.5, 0.6) is 17.2 Å². The first-order valence-electron chi connectivity index (χ1n) is 10.6. The molecule has 1 aliphatic rings. The lowest BCUT2D eigenvalue weighted by molar-refractivity contribution is 0.0952. The first-order chi connectivity index (χ1) is 15.0. The molecule has 3 aromatic rings. The predicted octanol–water partition coefficient (Wildman–Crippen LogP) is 4.89. The molecular formula is C25H27N3O3. The molecule has 0 aliphatic heterocycles. The van der Waals surface area contributed by atoms with Gasteiger partial charge in [0.05, 0.1) is 18.5 Å². The molecule has 2 aromatic carbocycles. The lowest BCUT2D eigenvalue weighted by atomic mass is 9.78. The largest absolute Gasteiger partial charge is 0.490 e. The zero-order valence-electron chi connectivity index (χ0n) is 18.1. The van der Waals surface area contributed by atoms with E-state index >= 15 is 0 Å². The van der Waals surface area contributed by atoms with Crippen molar-refractivity contribution in [3.8, 4) is 17.2 Å². The average Bonchev–Trinajstić information content (AvgIpc) is 2.77. The van der Waals surface area contributed by atoms with Gasteiger partial charge in [-0.1, -0.05) is 38.1 Å². The van der Waals surface area contributed by atoms with Crippen LogP contribution in [0.15, 0.2) is 60.9 Å². The molecule has 0 bridgehead atoms. The van der Waals surface area contributed by atoms with Crippen molar-refractivity contribution < 1.29 is 14.3 Å². The fraction of sp³-hybridized carbons (Fsp3) is 0.320. The Morgan fingerprint density at radius 2 is 1.45 bits per heavy atom. The summed E-state index contributed by atoms with van der Waals surface area (Å²) < 4.78 is 11.8. The molecular weight excluding hydrogens is 390 g/mol. The van der Waals surface area contributed by atoms with Gasteiger partial charge in [-0.05, 0) is 54.7 Å². The van der Waals surface area contributed by atoms with E-state index in [1.807, 2.05) is 12.1 Å². The van der Waals surface area contributed by atoms with Gasteiger partial charge in [-0.2, -0.15) is 0 Å². The summed E-state index contributed by atoms with van der Waals surface area (Å²) in [6.07, 6.45) is 6.95. The van der Waals surface area contributed by atoms with Gasteiger partial charge in [0.15, 0.2) is 5.75 Å². The number of benzene rings is 2. The summed E-state index contributed by atoms with van der Waals surface area (Å²) in [5, 5.41) is 2.49. The summed E-state index contributed by atoms with van der Waals surface area (Å²) in [5.41, 5.74) is 2.24. The molecule has 0 unspecified atom stereocenters. The SMILES string of the molecule is CNC(=O)c1ncc(Oc2ccc(C(C)(C)c3ccc(OC4CCC4)cc3)cc2)cn1. The Labute approximate surface area is 182 Å². The number of carbonyl (C=O) groups is 1. The third kappa shape index (κ3) is 4.68. The number of nitrogens with one attached hydrogen (secondary N) is 1. The van der Waals surface area contributed by atoms with Crippen LogP contribution in [0.1, 0.15) is 54.9 Å². The van der Waals surface area contributed by atoms with Crippen molar-refractivity contribution in [3.05, 3.63) is 77.9 Å². The molecule has 0 atom stereocenters. The van der Waals surface area contributed by atoms with Crippen molar-refractivity contribution in [3.63, 3.8) is 0 Å². The quantitative estimate of drug-likeness (QED) is 0.593. The van der Waals surface area contributed by atoms with E-state index in [0.29, 0.717) is 17.6 Å². The number of ether oxygens (including phenoxy) is 2. The highest BCUT2D eigenvalue weighted by atomic mass is 16.5. The first-order valence-corrected chi connectivity index (χ1v) is 10.6.